The van der Waals surface area contributed by atoms with Crippen LogP contribution in [0.25, 0.3) is 0 Å². The third kappa shape index (κ3) is 7.82. The number of hydrogen-bond acceptors (Lipinski definition) is 5. The number of carbonyl (C=O) groups is 2. The fourth-order valence-electron chi connectivity index (χ4n) is 3.89. The highest BCUT2D eigenvalue weighted by Crippen LogP contribution is 2.26. The van der Waals surface area contributed by atoms with Gasteiger partial charge in [-0.2, -0.15) is 0 Å². The van der Waals surface area contributed by atoms with Crippen LogP contribution in [0.2, 0.25) is 0 Å². The van der Waals surface area contributed by atoms with Crippen molar-refractivity contribution in [1.29, 1.82) is 0 Å². The Kier molecular flexibility index (Phi) is 10.7. The molecule has 3 rings (SSSR count). The first-order valence-corrected chi connectivity index (χ1v) is 15.0. The molecule has 0 heterocycles. The van der Waals surface area contributed by atoms with Crippen molar-refractivity contribution in [2.75, 3.05) is 18.0 Å². The fraction of sp³-hybridized carbons (Fsp3) is 0.310. The van der Waals surface area contributed by atoms with Crippen LogP contribution in [-0.2, 0) is 26.2 Å². The van der Waals surface area contributed by atoms with E-state index in [4.69, 9.17) is 4.74 Å². The van der Waals surface area contributed by atoms with Crippen LogP contribution < -0.4 is 14.4 Å². The summed E-state index contributed by atoms with van der Waals surface area (Å²) in [5, 5.41) is 2.89. The minimum Gasteiger partial charge on any atom is -0.497 e. The molecule has 11 heteroatoms. The summed E-state index contributed by atoms with van der Waals surface area (Å²) in [6, 6.07) is 16.9. The largest absolute Gasteiger partial charge is 0.497 e. The Labute approximate surface area is 243 Å². The van der Waals surface area contributed by atoms with Crippen molar-refractivity contribution in [1.82, 2.24) is 10.2 Å². The third-order valence-electron chi connectivity index (χ3n) is 6.45. The molecule has 3 aromatic carbocycles. The Morgan fingerprint density at radius 1 is 1.02 bits per heavy atom. The summed E-state index contributed by atoms with van der Waals surface area (Å²) in [4.78, 5) is 28.3. The quantitative estimate of drug-likeness (QED) is 0.299. The number of ether oxygens (including phenoxy) is 1. The predicted molar refractivity (Wildman–Crippen MR) is 156 cm³/mol. The van der Waals surface area contributed by atoms with E-state index in [1.54, 1.807) is 6.92 Å². The molecule has 0 bridgehead atoms. The maximum atomic E-state index is 13.9. The average molecular weight is 635 g/mol. The number of methoxy groups -OCH3 is 1. The van der Waals surface area contributed by atoms with Crippen LogP contribution in [0.1, 0.15) is 32.8 Å². The zero-order valence-corrected chi connectivity index (χ0v) is 25.2. The summed E-state index contributed by atoms with van der Waals surface area (Å²) in [5.74, 6) is -1.05. The number of hydrogen-bond donors (Lipinski definition) is 1. The van der Waals surface area contributed by atoms with Gasteiger partial charge in [-0.05, 0) is 86.5 Å². The molecule has 8 nitrogen and oxygen atoms in total. The van der Waals surface area contributed by atoms with Crippen LogP contribution in [0.4, 0.5) is 10.1 Å². The summed E-state index contributed by atoms with van der Waals surface area (Å²) in [6.45, 7) is 4.85. The molecule has 0 saturated carbocycles. The van der Waals surface area contributed by atoms with Gasteiger partial charge in [0.2, 0.25) is 11.8 Å². The van der Waals surface area contributed by atoms with Crippen molar-refractivity contribution < 1.29 is 27.1 Å². The molecule has 2 amide bonds. The number of sulfonamides is 1. The maximum absolute atomic E-state index is 13.9. The van der Waals surface area contributed by atoms with Gasteiger partial charge in [0.25, 0.3) is 10.0 Å². The van der Waals surface area contributed by atoms with Crippen LogP contribution in [0.3, 0.4) is 0 Å². The number of anilines is 1. The third-order valence-corrected chi connectivity index (χ3v) is 8.73. The number of halogens is 2. The molecule has 0 aliphatic carbocycles. The van der Waals surface area contributed by atoms with Gasteiger partial charge in [-0.25, -0.2) is 12.8 Å². The molecule has 1 N–H and O–H groups in total. The molecule has 0 fully saturated rings. The standard InChI is InChI=1S/C29H33BrFN3O5S/c1-5-20(2)32-29(36)21(3)33(18-22-7-6-8-23(30)17-22)28(35)19-34(25-11-9-24(31)10-12-25)40(37,38)27-15-13-26(39-4)14-16-27/h6-17,20-21H,5,18-19H2,1-4H3,(H,32,36)/t20-,21+/m1/s1. The molecule has 2 atom stereocenters. The summed E-state index contributed by atoms with van der Waals surface area (Å²) in [6.07, 6.45) is 0.705. The number of amides is 2. The van der Waals surface area contributed by atoms with Gasteiger partial charge in [0, 0.05) is 17.1 Å². The summed E-state index contributed by atoms with van der Waals surface area (Å²) in [5.41, 5.74) is 0.849. The van der Waals surface area contributed by atoms with Gasteiger partial charge in [0.15, 0.2) is 0 Å². The summed E-state index contributed by atoms with van der Waals surface area (Å²) < 4.78 is 48.2. The normalized spacial score (nSPS) is 12.8. The predicted octanol–water partition coefficient (Wildman–Crippen LogP) is 5.12. The van der Waals surface area contributed by atoms with Crippen molar-refractivity contribution in [3.63, 3.8) is 0 Å². The Hall–Kier alpha value is -3.44. The van der Waals surface area contributed by atoms with E-state index in [1.807, 2.05) is 38.1 Å². The molecule has 0 aromatic heterocycles. The van der Waals surface area contributed by atoms with Crippen molar-refractivity contribution >= 4 is 43.5 Å². The topological polar surface area (TPSA) is 96.0 Å². The highest BCUT2D eigenvalue weighted by Gasteiger charge is 2.33. The highest BCUT2D eigenvalue weighted by molar-refractivity contribution is 9.10. The first-order chi connectivity index (χ1) is 19.0. The lowest BCUT2D eigenvalue weighted by molar-refractivity contribution is -0.139. The van der Waals surface area contributed by atoms with E-state index < -0.39 is 34.3 Å². The maximum Gasteiger partial charge on any atom is 0.264 e. The SMILES string of the molecule is CC[C@@H](C)NC(=O)[C@H](C)N(Cc1cccc(Br)c1)C(=O)CN(c1ccc(F)cc1)S(=O)(=O)c1ccc(OC)cc1. The molecule has 0 aliphatic rings. The molecular weight excluding hydrogens is 601 g/mol. The van der Waals surface area contributed by atoms with Crippen LogP contribution in [0, 0.1) is 5.82 Å². The van der Waals surface area contributed by atoms with Gasteiger partial charge in [-0.1, -0.05) is 35.0 Å². The van der Waals surface area contributed by atoms with Crippen LogP contribution >= 0.6 is 15.9 Å². The lowest BCUT2D eigenvalue weighted by atomic mass is 10.1. The van der Waals surface area contributed by atoms with E-state index in [1.165, 1.54) is 48.4 Å². The number of nitrogens with one attached hydrogen (secondary N) is 1. The van der Waals surface area contributed by atoms with Gasteiger partial charge in [0.05, 0.1) is 17.7 Å². The first kappa shape index (κ1) is 31.1. The van der Waals surface area contributed by atoms with Crippen molar-refractivity contribution in [3.05, 3.63) is 88.6 Å². The van der Waals surface area contributed by atoms with Crippen LogP contribution in [0.15, 0.2) is 82.2 Å². The Morgan fingerprint density at radius 3 is 2.25 bits per heavy atom. The molecule has 0 unspecified atom stereocenters. The number of rotatable bonds is 12. The Balaban J connectivity index is 2.02. The van der Waals surface area contributed by atoms with Gasteiger partial charge < -0.3 is 15.0 Å². The van der Waals surface area contributed by atoms with E-state index >= 15 is 0 Å². The monoisotopic (exact) mass is 633 g/mol. The van der Waals surface area contributed by atoms with Gasteiger partial charge >= 0.3 is 0 Å². The van der Waals surface area contributed by atoms with E-state index in [0.29, 0.717) is 12.2 Å². The second kappa shape index (κ2) is 13.8. The molecule has 0 spiro atoms. The molecule has 0 aliphatic heterocycles. The van der Waals surface area contributed by atoms with E-state index in [0.717, 1.165) is 26.5 Å². The molecular formula is C29H33BrFN3O5S. The highest BCUT2D eigenvalue weighted by atomic mass is 79.9. The lowest BCUT2D eigenvalue weighted by Gasteiger charge is -2.32. The van der Waals surface area contributed by atoms with Gasteiger partial charge in [-0.15, -0.1) is 0 Å². The molecule has 0 saturated heterocycles. The molecule has 0 radical (unpaired) electrons. The van der Waals surface area contributed by atoms with Crippen molar-refractivity contribution in [2.45, 2.75) is 50.7 Å². The summed E-state index contributed by atoms with van der Waals surface area (Å²) in [7, 11) is -2.81. The second-order valence-corrected chi connectivity index (χ2v) is 12.1. The number of benzene rings is 3. The number of carbonyl (C=O) groups excluding carboxylic acids is 2. The van der Waals surface area contributed by atoms with Crippen LogP contribution in [-0.4, -0.2) is 50.9 Å². The zero-order valence-electron chi connectivity index (χ0n) is 22.8. The van der Waals surface area contributed by atoms with E-state index in [-0.39, 0.29) is 29.1 Å². The number of nitrogens with zero attached hydrogens (tertiary/aromatic N) is 2. The zero-order chi connectivity index (χ0) is 29.4. The molecule has 214 valence electrons. The van der Waals surface area contributed by atoms with Gasteiger partial charge in [-0.3, -0.25) is 13.9 Å². The summed E-state index contributed by atoms with van der Waals surface area (Å²) >= 11 is 3.43. The van der Waals surface area contributed by atoms with E-state index in [2.05, 4.69) is 21.2 Å². The van der Waals surface area contributed by atoms with E-state index in [9.17, 15) is 22.4 Å². The smallest absolute Gasteiger partial charge is 0.264 e. The van der Waals surface area contributed by atoms with Crippen molar-refractivity contribution in [3.8, 4) is 5.75 Å². The molecule has 3 aromatic rings. The second-order valence-electron chi connectivity index (χ2n) is 9.31. The Morgan fingerprint density at radius 2 is 1.68 bits per heavy atom. The lowest BCUT2D eigenvalue weighted by Crippen LogP contribution is -2.52. The van der Waals surface area contributed by atoms with Crippen LogP contribution in [0.5, 0.6) is 5.75 Å². The van der Waals surface area contributed by atoms with Gasteiger partial charge in [0.1, 0.15) is 24.2 Å². The first-order valence-electron chi connectivity index (χ1n) is 12.7. The average Bonchev–Trinajstić information content (AvgIpc) is 2.94. The fourth-order valence-corrected chi connectivity index (χ4v) is 5.75. The van der Waals surface area contributed by atoms with Crippen molar-refractivity contribution in [2.24, 2.45) is 0 Å². The minimum absolute atomic E-state index is 0.0627. The Bertz CT molecular complexity index is 1420. The minimum atomic E-state index is -4.27. The molecule has 40 heavy (non-hydrogen) atoms.